The monoisotopic (exact) mass is 353 g/mol. The number of amides is 1. The molecule has 0 spiro atoms. The minimum atomic E-state index is -0.155. The highest BCUT2D eigenvalue weighted by Crippen LogP contribution is 2.14. The smallest absolute Gasteiger partial charge is 0.262 e. The molecule has 1 saturated heterocycles. The molecule has 1 heterocycles. The Morgan fingerprint density at radius 2 is 1.65 bits per heavy atom. The average Bonchev–Trinajstić information content (AvgIpc) is 2.65. The summed E-state index contributed by atoms with van der Waals surface area (Å²) in [5, 5.41) is 2.88. The Hall–Kier alpha value is -2.37. The van der Waals surface area contributed by atoms with Gasteiger partial charge in [0.05, 0.1) is 0 Å². The van der Waals surface area contributed by atoms with Crippen LogP contribution >= 0.6 is 0 Å². The summed E-state index contributed by atoms with van der Waals surface area (Å²) in [5.74, 6) is 0.547. The summed E-state index contributed by atoms with van der Waals surface area (Å²) in [6, 6.07) is 15.7. The van der Waals surface area contributed by atoms with Crippen LogP contribution in [0, 0.1) is 6.92 Å². The lowest BCUT2D eigenvalue weighted by atomic mass is 10.2. The topological polar surface area (TPSA) is 44.8 Å². The van der Waals surface area contributed by atoms with Crippen molar-refractivity contribution in [3.05, 3.63) is 59.7 Å². The first-order chi connectivity index (χ1) is 12.6. The van der Waals surface area contributed by atoms with Gasteiger partial charge in [-0.25, -0.2) is 0 Å². The average molecular weight is 353 g/mol. The molecule has 0 unspecified atom stereocenters. The molecule has 3 rings (SSSR count). The zero-order chi connectivity index (χ0) is 18.4. The van der Waals surface area contributed by atoms with E-state index < -0.39 is 0 Å². The lowest BCUT2D eigenvalue weighted by molar-refractivity contribution is -0.118. The quantitative estimate of drug-likeness (QED) is 0.867. The van der Waals surface area contributed by atoms with Gasteiger partial charge in [0.2, 0.25) is 0 Å². The number of benzene rings is 2. The van der Waals surface area contributed by atoms with Crippen LogP contribution in [0.2, 0.25) is 0 Å². The van der Waals surface area contributed by atoms with Crippen LogP contribution in [0.3, 0.4) is 0 Å². The Morgan fingerprint density at radius 1 is 1.00 bits per heavy atom. The summed E-state index contributed by atoms with van der Waals surface area (Å²) >= 11 is 0. The fourth-order valence-corrected chi connectivity index (χ4v) is 2.94. The molecular weight excluding hydrogens is 326 g/mol. The summed E-state index contributed by atoms with van der Waals surface area (Å²) < 4.78 is 5.51. The third kappa shape index (κ3) is 5.58. The Morgan fingerprint density at radius 3 is 2.31 bits per heavy atom. The molecular formula is C21H27N3O2. The summed E-state index contributed by atoms with van der Waals surface area (Å²) in [7, 11) is 2.16. The van der Waals surface area contributed by atoms with E-state index in [9.17, 15) is 4.79 Å². The molecule has 1 amide bonds. The molecule has 0 bridgehead atoms. The molecule has 1 aliphatic heterocycles. The van der Waals surface area contributed by atoms with Gasteiger partial charge >= 0.3 is 0 Å². The third-order valence-electron chi connectivity index (χ3n) is 4.63. The number of anilines is 1. The summed E-state index contributed by atoms with van der Waals surface area (Å²) in [6.45, 7) is 7.43. The van der Waals surface area contributed by atoms with Gasteiger partial charge in [-0.2, -0.15) is 0 Å². The van der Waals surface area contributed by atoms with Gasteiger partial charge in [-0.1, -0.05) is 29.8 Å². The van der Waals surface area contributed by atoms with Crippen molar-refractivity contribution in [2.24, 2.45) is 0 Å². The first-order valence-corrected chi connectivity index (χ1v) is 9.08. The number of likely N-dealkylation sites (N-methyl/N-ethyl adjacent to an activating group) is 1. The maximum absolute atomic E-state index is 12.0. The highest BCUT2D eigenvalue weighted by Gasteiger charge is 2.13. The summed E-state index contributed by atoms with van der Waals surface area (Å²) in [4.78, 5) is 16.9. The molecule has 0 radical (unpaired) electrons. The molecule has 5 nitrogen and oxygen atoms in total. The van der Waals surface area contributed by atoms with Crippen LogP contribution in [-0.4, -0.2) is 55.5 Å². The number of aryl methyl sites for hydroxylation is 1. The number of hydrogen-bond acceptors (Lipinski definition) is 4. The number of nitrogens with one attached hydrogen (secondary N) is 1. The molecule has 0 aliphatic carbocycles. The van der Waals surface area contributed by atoms with Crippen molar-refractivity contribution in [3.8, 4) is 5.75 Å². The van der Waals surface area contributed by atoms with Gasteiger partial charge in [0, 0.05) is 38.4 Å². The molecule has 2 aromatic rings. The number of hydrogen-bond donors (Lipinski definition) is 1. The van der Waals surface area contributed by atoms with Crippen LogP contribution in [0.4, 0.5) is 5.69 Å². The van der Waals surface area contributed by atoms with Gasteiger partial charge in [0.1, 0.15) is 5.75 Å². The van der Waals surface area contributed by atoms with Crippen LogP contribution in [0.25, 0.3) is 0 Å². The van der Waals surface area contributed by atoms with E-state index in [0.29, 0.717) is 5.75 Å². The standard InChI is InChI=1S/C21H27N3O2/c1-17-3-9-20(10-4-17)26-16-21(25)22-19-7-5-18(6-8-19)15-24-13-11-23(2)12-14-24/h3-10H,11-16H2,1-2H3,(H,22,25). The number of rotatable bonds is 6. The molecule has 0 aromatic heterocycles. The van der Waals surface area contributed by atoms with E-state index in [1.165, 1.54) is 11.1 Å². The van der Waals surface area contributed by atoms with Crippen molar-refractivity contribution in [1.29, 1.82) is 0 Å². The molecule has 1 aliphatic rings. The molecule has 1 N–H and O–H groups in total. The van der Waals surface area contributed by atoms with Crippen LogP contribution in [0.15, 0.2) is 48.5 Å². The maximum atomic E-state index is 12.0. The van der Waals surface area contributed by atoms with E-state index in [2.05, 4.69) is 34.3 Å². The Balaban J connectivity index is 1.44. The minimum absolute atomic E-state index is 0.00606. The predicted octanol–water partition coefficient (Wildman–Crippen LogP) is 2.76. The van der Waals surface area contributed by atoms with Crippen molar-refractivity contribution < 1.29 is 9.53 Å². The van der Waals surface area contributed by atoms with Crippen LogP contribution in [0.5, 0.6) is 5.75 Å². The zero-order valence-electron chi connectivity index (χ0n) is 15.6. The minimum Gasteiger partial charge on any atom is -0.484 e. The van der Waals surface area contributed by atoms with Gasteiger partial charge in [-0.3, -0.25) is 9.69 Å². The zero-order valence-corrected chi connectivity index (χ0v) is 15.6. The number of nitrogens with zero attached hydrogens (tertiary/aromatic N) is 2. The number of piperazine rings is 1. The van der Waals surface area contributed by atoms with E-state index in [1.54, 1.807) is 0 Å². The molecule has 26 heavy (non-hydrogen) atoms. The van der Waals surface area contributed by atoms with Gasteiger partial charge in [0.15, 0.2) is 6.61 Å². The van der Waals surface area contributed by atoms with Crippen molar-refractivity contribution in [2.75, 3.05) is 45.2 Å². The summed E-state index contributed by atoms with van der Waals surface area (Å²) in [6.07, 6.45) is 0. The molecule has 2 aromatic carbocycles. The fourth-order valence-electron chi connectivity index (χ4n) is 2.94. The van der Waals surface area contributed by atoms with E-state index in [1.807, 2.05) is 43.3 Å². The number of ether oxygens (including phenoxy) is 1. The van der Waals surface area contributed by atoms with E-state index in [0.717, 1.165) is 38.4 Å². The van der Waals surface area contributed by atoms with E-state index >= 15 is 0 Å². The van der Waals surface area contributed by atoms with Crippen molar-refractivity contribution in [3.63, 3.8) is 0 Å². The normalized spacial score (nSPS) is 15.6. The second kappa shape index (κ2) is 8.83. The third-order valence-corrected chi connectivity index (χ3v) is 4.63. The predicted molar refractivity (Wildman–Crippen MR) is 105 cm³/mol. The molecule has 5 heteroatoms. The van der Waals surface area contributed by atoms with Crippen LogP contribution in [-0.2, 0) is 11.3 Å². The van der Waals surface area contributed by atoms with Gasteiger partial charge in [-0.15, -0.1) is 0 Å². The lowest BCUT2D eigenvalue weighted by Crippen LogP contribution is -2.43. The van der Waals surface area contributed by atoms with Crippen molar-refractivity contribution >= 4 is 11.6 Å². The lowest BCUT2D eigenvalue weighted by Gasteiger charge is -2.32. The highest BCUT2D eigenvalue weighted by molar-refractivity contribution is 5.91. The molecule has 138 valence electrons. The number of carbonyl (C=O) groups is 1. The van der Waals surface area contributed by atoms with Crippen molar-refractivity contribution in [1.82, 2.24) is 9.80 Å². The van der Waals surface area contributed by atoms with Crippen LogP contribution < -0.4 is 10.1 Å². The summed E-state index contributed by atoms with van der Waals surface area (Å²) in [5.41, 5.74) is 3.23. The largest absolute Gasteiger partial charge is 0.484 e. The SMILES string of the molecule is Cc1ccc(OCC(=O)Nc2ccc(CN3CCN(C)CC3)cc2)cc1. The highest BCUT2D eigenvalue weighted by atomic mass is 16.5. The van der Waals surface area contributed by atoms with Gasteiger partial charge < -0.3 is 15.0 Å². The second-order valence-electron chi connectivity index (χ2n) is 6.93. The van der Waals surface area contributed by atoms with E-state index in [-0.39, 0.29) is 12.5 Å². The Labute approximate surface area is 155 Å². The Kier molecular flexibility index (Phi) is 6.26. The Bertz CT molecular complexity index is 705. The second-order valence-corrected chi connectivity index (χ2v) is 6.93. The molecule has 1 fully saturated rings. The molecule has 0 saturated carbocycles. The molecule has 0 atom stereocenters. The van der Waals surface area contributed by atoms with E-state index in [4.69, 9.17) is 4.74 Å². The maximum Gasteiger partial charge on any atom is 0.262 e. The van der Waals surface area contributed by atoms with Gasteiger partial charge in [0.25, 0.3) is 5.91 Å². The number of carbonyl (C=O) groups excluding carboxylic acids is 1. The fraction of sp³-hybridized carbons (Fsp3) is 0.381. The first-order valence-electron chi connectivity index (χ1n) is 9.08. The van der Waals surface area contributed by atoms with Crippen molar-refractivity contribution in [2.45, 2.75) is 13.5 Å². The first kappa shape index (κ1) is 18.4. The van der Waals surface area contributed by atoms with Crippen LogP contribution in [0.1, 0.15) is 11.1 Å². The van der Waals surface area contributed by atoms with Gasteiger partial charge in [-0.05, 0) is 43.8 Å².